The number of hydrogen-bond acceptors (Lipinski definition) is 4. The number of nitrogens with zero attached hydrogens (tertiary/aromatic N) is 2. The second-order valence-corrected chi connectivity index (χ2v) is 6.86. The van der Waals surface area contributed by atoms with E-state index in [4.69, 9.17) is 4.74 Å². The van der Waals surface area contributed by atoms with Crippen LogP contribution in [0.25, 0.3) is 5.57 Å². The first kappa shape index (κ1) is 18.4. The van der Waals surface area contributed by atoms with Gasteiger partial charge in [-0.1, -0.05) is 6.07 Å². The predicted molar refractivity (Wildman–Crippen MR) is 102 cm³/mol. The summed E-state index contributed by atoms with van der Waals surface area (Å²) < 4.78 is 5.02. The molecule has 0 N–H and O–H groups in total. The van der Waals surface area contributed by atoms with Crippen molar-refractivity contribution in [1.29, 1.82) is 0 Å². The van der Waals surface area contributed by atoms with Gasteiger partial charge in [-0.25, -0.2) is 4.79 Å². The highest BCUT2D eigenvalue weighted by atomic mass is 16.5. The molecule has 0 unspecified atom stereocenters. The van der Waals surface area contributed by atoms with Crippen molar-refractivity contribution < 1.29 is 9.53 Å². The molecule has 1 aromatic rings. The van der Waals surface area contributed by atoms with Gasteiger partial charge in [0.05, 0.1) is 18.0 Å². The fourth-order valence-corrected chi connectivity index (χ4v) is 3.21. The largest absolute Gasteiger partial charge is 0.463 e. The molecule has 0 amide bonds. The van der Waals surface area contributed by atoms with E-state index in [9.17, 15) is 4.79 Å². The summed E-state index contributed by atoms with van der Waals surface area (Å²) in [5.41, 5.74) is 4.52. The van der Waals surface area contributed by atoms with Crippen LogP contribution in [0.2, 0.25) is 0 Å². The molecule has 0 aliphatic carbocycles. The molecule has 1 aliphatic heterocycles. The van der Waals surface area contributed by atoms with E-state index >= 15 is 0 Å². The lowest BCUT2D eigenvalue weighted by Crippen LogP contribution is -2.46. The van der Waals surface area contributed by atoms with Crippen LogP contribution in [0.5, 0.6) is 0 Å². The zero-order valence-corrected chi connectivity index (χ0v) is 15.8. The summed E-state index contributed by atoms with van der Waals surface area (Å²) in [4.78, 5) is 16.6. The summed E-state index contributed by atoms with van der Waals surface area (Å²) in [7, 11) is 0. The lowest BCUT2D eigenvalue weighted by atomic mass is 10.0. The Kier molecular flexibility index (Phi) is 5.92. The van der Waals surface area contributed by atoms with Crippen LogP contribution < -0.4 is 9.80 Å². The van der Waals surface area contributed by atoms with Crippen molar-refractivity contribution in [3.63, 3.8) is 0 Å². The molecule has 0 fully saturated rings. The summed E-state index contributed by atoms with van der Waals surface area (Å²) in [5.74, 6) is -0.280. The Morgan fingerprint density at radius 1 is 1.12 bits per heavy atom. The Morgan fingerprint density at radius 2 is 1.71 bits per heavy atom. The van der Waals surface area contributed by atoms with Gasteiger partial charge in [0.25, 0.3) is 0 Å². The molecule has 0 spiro atoms. The van der Waals surface area contributed by atoms with Crippen LogP contribution in [-0.4, -0.2) is 37.7 Å². The third-order valence-corrected chi connectivity index (χ3v) is 4.50. The first-order chi connectivity index (χ1) is 11.3. The molecule has 0 saturated carbocycles. The number of anilines is 2. The zero-order valence-electron chi connectivity index (χ0n) is 15.8. The van der Waals surface area contributed by atoms with Gasteiger partial charge in [-0.05, 0) is 64.8 Å². The summed E-state index contributed by atoms with van der Waals surface area (Å²) in [6.45, 7) is 15.2. The molecule has 0 radical (unpaired) electrons. The SMILES string of the molecule is CCOC(=O)/C=C(\C)c1ccc2c(c1)N(C(C)C)CCN2C(C)C. The molecule has 0 bridgehead atoms. The van der Waals surface area contributed by atoms with E-state index < -0.39 is 0 Å². The van der Waals surface area contributed by atoms with Gasteiger partial charge >= 0.3 is 5.97 Å². The number of allylic oxidation sites excluding steroid dienone is 1. The highest BCUT2D eigenvalue weighted by Crippen LogP contribution is 2.37. The van der Waals surface area contributed by atoms with Gasteiger partial charge < -0.3 is 14.5 Å². The third-order valence-electron chi connectivity index (χ3n) is 4.50. The summed E-state index contributed by atoms with van der Waals surface area (Å²) in [6.07, 6.45) is 1.58. The van der Waals surface area contributed by atoms with E-state index in [-0.39, 0.29) is 5.97 Å². The third kappa shape index (κ3) is 3.92. The Labute approximate surface area is 146 Å². The number of rotatable bonds is 5. The van der Waals surface area contributed by atoms with Crippen molar-refractivity contribution in [2.24, 2.45) is 0 Å². The van der Waals surface area contributed by atoms with E-state index in [1.165, 1.54) is 11.4 Å². The monoisotopic (exact) mass is 330 g/mol. The van der Waals surface area contributed by atoms with Gasteiger partial charge in [-0.15, -0.1) is 0 Å². The zero-order chi connectivity index (χ0) is 17.9. The maximum atomic E-state index is 11.7. The quantitative estimate of drug-likeness (QED) is 0.601. The van der Waals surface area contributed by atoms with E-state index in [1.807, 2.05) is 13.8 Å². The number of benzene rings is 1. The van der Waals surface area contributed by atoms with Gasteiger partial charge in [0.1, 0.15) is 0 Å². The maximum absolute atomic E-state index is 11.7. The number of carbonyl (C=O) groups excluding carboxylic acids is 1. The van der Waals surface area contributed by atoms with Crippen molar-refractivity contribution in [2.75, 3.05) is 29.5 Å². The minimum Gasteiger partial charge on any atom is -0.463 e. The average molecular weight is 330 g/mol. The number of carbonyl (C=O) groups is 1. The molecule has 0 aromatic heterocycles. The Morgan fingerprint density at radius 3 is 2.25 bits per heavy atom. The van der Waals surface area contributed by atoms with Crippen molar-refractivity contribution in [2.45, 2.75) is 53.6 Å². The van der Waals surface area contributed by atoms with Crippen molar-refractivity contribution in [3.05, 3.63) is 29.8 Å². The topological polar surface area (TPSA) is 32.8 Å². The smallest absolute Gasteiger partial charge is 0.331 e. The standard InChI is InChI=1S/C20H30N2O2/c1-7-24-20(23)12-16(6)17-8-9-18-19(13-17)22(15(4)5)11-10-21(18)14(2)3/h8-9,12-15H,7,10-11H2,1-6H3/b16-12+. The first-order valence-corrected chi connectivity index (χ1v) is 8.87. The molecular formula is C20H30N2O2. The first-order valence-electron chi connectivity index (χ1n) is 8.87. The highest BCUT2D eigenvalue weighted by molar-refractivity contribution is 5.92. The van der Waals surface area contributed by atoms with Gasteiger partial charge in [-0.3, -0.25) is 0 Å². The van der Waals surface area contributed by atoms with E-state index in [0.717, 1.165) is 24.2 Å². The number of fused-ring (bicyclic) bond motifs is 1. The number of esters is 1. The van der Waals surface area contributed by atoms with Crippen LogP contribution in [0.4, 0.5) is 11.4 Å². The lowest BCUT2D eigenvalue weighted by molar-refractivity contribution is -0.137. The predicted octanol–water partition coefficient (Wildman–Crippen LogP) is 4.10. The summed E-state index contributed by atoms with van der Waals surface area (Å²) in [6, 6.07) is 7.41. The molecule has 24 heavy (non-hydrogen) atoms. The Hall–Kier alpha value is -1.97. The van der Waals surface area contributed by atoms with E-state index in [2.05, 4.69) is 55.7 Å². The molecule has 0 saturated heterocycles. The van der Waals surface area contributed by atoms with Gasteiger partial charge in [0, 0.05) is 31.2 Å². The number of hydrogen-bond donors (Lipinski definition) is 0. The van der Waals surface area contributed by atoms with Crippen molar-refractivity contribution >= 4 is 22.9 Å². The maximum Gasteiger partial charge on any atom is 0.331 e. The average Bonchev–Trinajstić information content (AvgIpc) is 2.52. The lowest BCUT2D eigenvalue weighted by Gasteiger charge is -2.43. The highest BCUT2D eigenvalue weighted by Gasteiger charge is 2.26. The van der Waals surface area contributed by atoms with E-state index in [0.29, 0.717) is 18.7 Å². The molecule has 132 valence electrons. The number of ether oxygens (including phenoxy) is 1. The molecule has 1 heterocycles. The minimum atomic E-state index is -0.280. The van der Waals surface area contributed by atoms with Crippen molar-refractivity contribution in [3.8, 4) is 0 Å². The molecule has 0 atom stereocenters. The van der Waals surface area contributed by atoms with Crippen LogP contribution in [0.3, 0.4) is 0 Å². The second-order valence-electron chi connectivity index (χ2n) is 6.86. The summed E-state index contributed by atoms with van der Waals surface area (Å²) >= 11 is 0. The van der Waals surface area contributed by atoms with Gasteiger partial charge in [0.15, 0.2) is 0 Å². The Balaban J connectivity index is 2.42. The van der Waals surface area contributed by atoms with Gasteiger partial charge in [0.2, 0.25) is 0 Å². The van der Waals surface area contributed by atoms with Crippen LogP contribution in [0.15, 0.2) is 24.3 Å². The normalized spacial score (nSPS) is 15.1. The molecule has 2 rings (SSSR count). The van der Waals surface area contributed by atoms with E-state index in [1.54, 1.807) is 6.08 Å². The van der Waals surface area contributed by atoms with Crippen LogP contribution in [0, 0.1) is 0 Å². The molecule has 1 aliphatic rings. The van der Waals surface area contributed by atoms with Gasteiger partial charge in [-0.2, -0.15) is 0 Å². The van der Waals surface area contributed by atoms with Crippen LogP contribution in [-0.2, 0) is 9.53 Å². The molecular weight excluding hydrogens is 300 g/mol. The second kappa shape index (κ2) is 7.73. The van der Waals surface area contributed by atoms with Crippen LogP contribution in [0.1, 0.15) is 47.1 Å². The Bertz CT molecular complexity index is 620. The van der Waals surface area contributed by atoms with Crippen molar-refractivity contribution in [1.82, 2.24) is 0 Å². The fourth-order valence-electron chi connectivity index (χ4n) is 3.21. The molecule has 4 nitrogen and oxygen atoms in total. The molecule has 4 heteroatoms. The summed E-state index contributed by atoms with van der Waals surface area (Å²) in [5, 5.41) is 0. The minimum absolute atomic E-state index is 0.280. The van der Waals surface area contributed by atoms with Crippen LogP contribution >= 0.6 is 0 Å². The molecule has 1 aromatic carbocycles. The fraction of sp³-hybridized carbons (Fsp3) is 0.550.